The second kappa shape index (κ2) is 7.58. The van der Waals surface area contributed by atoms with Gasteiger partial charge in [-0.1, -0.05) is 0 Å². The van der Waals surface area contributed by atoms with Gasteiger partial charge < -0.3 is 28.8 Å². The average Bonchev–Trinajstić information content (AvgIpc) is 3.22. The number of H-pyrrole nitrogens is 1. The van der Waals surface area contributed by atoms with E-state index < -0.39 is 0 Å². The fourth-order valence-corrected chi connectivity index (χ4v) is 3.86. The van der Waals surface area contributed by atoms with Gasteiger partial charge in [0, 0.05) is 18.5 Å². The standard InChI is InChI=1S/C22H24N2O5/c1-26-17-5-6-18(27-2)21-15(17)11-16(23-21)22(25)24-8-7-13-9-19(28-3)20(29-4)10-14(13)12-24/h5-6,9-11,23H,7-8,12H2,1-4H3. The third-order valence-corrected chi connectivity index (χ3v) is 5.39. The maximum absolute atomic E-state index is 13.2. The Balaban J connectivity index is 1.66. The average molecular weight is 396 g/mol. The summed E-state index contributed by atoms with van der Waals surface area (Å²) in [5, 5.41) is 0.819. The molecule has 152 valence electrons. The van der Waals surface area contributed by atoms with E-state index in [2.05, 4.69) is 4.98 Å². The molecule has 0 fully saturated rings. The van der Waals surface area contributed by atoms with Crippen molar-refractivity contribution >= 4 is 16.8 Å². The predicted octanol–water partition coefficient (Wildman–Crippen LogP) is 3.40. The minimum atomic E-state index is -0.0641. The van der Waals surface area contributed by atoms with Crippen molar-refractivity contribution in [3.63, 3.8) is 0 Å². The van der Waals surface area contributed by atoms with E-state index in [4.69, 9.17) is 18.9 Å². The Kier molecular flexibility index (Phi) is 4.96. The SMILES string of the molecule is COc1cc2c(cc1OC)CN(C(=O)c1cc3c(OC)ccc(OC)c3[nH]1)CC2. The quantitative estimate of drug-likeness (QED) is 0.716. The van der Waals surface area contributed by atoms with E-state index in [1.165, 1.54) is 5.56 Å². The largest absolute Gasteiger partial charge is 0.496 e. The Labute approximate surface area is 169 Å². The number of fused-ring (bicyclic) bond motifs is 2. The van der Waals surface area contributed by atoms with E-state index in [0.717, 1.165) is 22.9 Å². The van der Waals surface area contributed by atoms with Gasteiger partial charge in [0.05, 0.1) is 34.0 Å². The summed E-state index contributed by atoms with van der Waals surface area (Å²) < 4.78 is 21.7. The van der Waals surface area contributed by atoms with Crippen LogP contribution in [0, 0.1) is 0 Å². The van der Waals surface area contributed by atoms with Crippen molar-refractivity contribution in [3.05, 3.63) is 47.2 Å². The zero-order valence-electron chi connectivity index (χ0n) is 17.0. The van der Waals surface area contributed by atoms with Crippen molar-refractivity contribution in [1.82, 2.24) is 9.88 Å². The maximum Gasteiger partial charge on any atom is 0.270 e. The summed E-state index contributed by atoms with van der Waals surface area (Å²) in [5.74, 6) is 2.67. The Hall–Kier alpha value is -3.35. The molecule has 0 spiro atoms. The molecule has 1 amide bonds. The van der Waals surface area contributed by atoms with Gasteiger partial charge >= 0.3 is 0 Å². The summed E-state index contributed by atoms with van der Waals surface area (Å²) in [5.41, 5.74) is 3.49. The second-order valence-electron chi connectivity index (χ2n) is 6.89. The summed E-state index contributed by atoms with van der Waals surface area (Å²) in [7, 11) is 6.45. The molecule has 1 N–H and O–H groups in total. The number of ether oxygens (including phenoxy) is 4. The van der Waals surface area contributed by atoms with E-state index in [0.29, 0.717) is 41.8 Å². The molecule has 0 saturated carbocycles. The Morgan fingerprint density at radius 2 is 1.48 bits per heavy atom. The van der Waals surface area contributed by atoms with Crippen LogP contribution in [-0.2, 0) is 13.0 Å². The monoisotopic (exact) mass is 396 g/mol. The van der Waals surface area contributed by atoms with Crippen molar-refractivity contribution in [3.8, 4) is 23.0 Å². The molecule has 0 saturated heterocycles. The topological polar surface area (TPSA) is 73.0 Å². The fraction of sp³-hybridized carbons (Fsp3) is 0.318. The minimum Gasteiger partial charge on any atom is -0.496 e. The molecule has 1 aromatic heterocycles. The van der Waals surface area contributed by atoms with Gasteiger partial charge in [0.2, 0.25) is 0 Å². The number of nitrogens with one attached hydrogen (secondary N) is 1. The highest BCUT2D eigenvalue weighted by molar-refractivity contribution is 6.01. The van der Waals surface area contributed by atoms with E-state index >= 15 is 0 Å². The van der Waals surface area contributed by atoms with Gasteiger partial charge in [0.25, 0.3) is 5.91 Å². The summed E-state index contributed by atoms with van der Waals surface area (Å²) in [6.07, 6.45) is 0.758. The molecule has 0 atom stereocenters. The molecule has 2 aromatic carbocycles. The number of carbonyl (C=O) groups is 1. The number of hydrogen-bond acceptors (Lipinski definition) is 5. The zero-order chi connectivity index (χ0) is 20.5. The normalized spacial score (nSPS) is 13.2. The number of methoxy groups -OCH3 is 4. The van der Waals surface area contributed by atoms with Crippen molar-refractivity contribution in [2.24, 2.45) is 0 Å². The highest BCUT2D eigenvalue weighted by atomic mass is 16.5. The molecule has 2 heterocycles. The highest BCUT2D eigenvalue weighted by Crippen LogP contribution is 2.35. The number of carbonyl (C=O) groups excluding carboxylic acids is 1. The smallest absolute Gasteiger partial charge is 0.270 e. The van der Waals surface area contributed by atoms with E-state index in [-0.39, 0.29) is 5.91 Å². The minimum absolute atomic E-state index is 0.0641. The number of nitrogens with zero attached hydrogens (tertiary/aromatic N) is 1. The summed E-state index contributed by atoms with van der Waals surface area (Å²) in [4.78, 5) is 18.3. The molecule has 7 nitrogen and oxygen atoms in total. The summed E-state index contributed by atoms with van der Waals surface area (Å²) in [6, 6.07) is 9.42. The van der Waals surface area contributed by atoms with Crippen LogP contribution in [0.4, 0.5) is 0 Å². The van der Waals surface area contributed by atoms with Gasteiger partial charge in [-0.3, -0.25) is 4.79 Å². The number of hydrogen-bond donors (Lipinski definition) is 1. The molecule has 1 aliphatic heterocycles. The van der Waals surface area contributed by atoms with Crippen LogP contribution >= 0.6 is 0 Å². The number of aromatic amines is 1. The van der Waals surface area contributed by atoms with Crippen LogP contribution in [0.2, 0.25) is 0 Å². The number of benzene rings is 2. The van der Waals surface area contributed by atoms with Gasteiger partial charge in [0.15, 0.2) is 11.5 Å². The Bertz CT molecular complexity index is 1030. The molecular weight excluding hydrogens is 372 g/mol. The van der Waals surface area contributed by atoms with Gasteiger partial charge in [0.1, 0.15) is 17.2 Å². The molecular formula is C22H24N2O5. The van der Waals surface area contributed by atoms with Crippen molar-refractivity contribution < 1.29 is 23.7 Å². The molecule has 7 heteroatoms. The fourth-order valence-electron chi connectivity index (χ4n) is 3.86. The highest BCUT2D eigenvalue weighted by Gasteiger charge is 2.25. The lowest BCUT2D eigenvalue weighted by Crippen LogP contribution is -2.36. The number of aromatic nitrogens is 1. The first-order chi connectivity index (χ1) is 14.1. The molecule has 29 heavy (non-hydrogen) atoms. The van der Waals surface area contributed by atoms with Gasteiger partial charge in [-0.2, -0.15) is 0 Å². The van der Waals surface area contributed by atoms with E-state index in [1.807, 2.05) is 35.2 Å². The Morgan fingerprint density at radius 1 is 0.862 bits per heavy atom. The molecule has 0 radical (unpaired) electrons. The first-order valence-electron chi connectivity index (χ1n) is 9.36. The van der Waals surface area contributed by atoms with E-state index in [9.17, 15) is 4.79 Å². The maximum atomic E-state index is 13.2. The Morgan fingerprint density at radius 3 is 2.14 bits per heavy atom. The lowest BCUT2D eigenvalue weighted by Gasteiger charge is -2.29. The number of rotatable bonds is 5. The van der Waals surface area contributed by atoms with Crippen LogP contribution in [-0.4, -0.2) is 50.8 Å². The lowest BCUT2D eigenvalue weighted by atomic mass is 9.98. The van der Waals surface area contributed by atoms with Crippen molar-refractivity contribution in [2.45, 2.75) is 13.0 Å². The van der Waals surface area contributed by atoms with Crippen LogP contribution in [0.25, 0.3) is 10.9 Å². The van der Waals surface area contributed by atoms with Crippen molar-refractivity contribution in [1.29, 1.82) is 0 Å². The molecule has 0 aliphatic carbocycles. The first-order valence-corrected chi connectivity index (χ1v) is 9.36. The second-order valence-corrected chi connectivity index (χ2v) is 6.89. The summed E-state index contributed by atoms with van der Waals surface area (Å²) >= 11 is 0. The zero-order valence-corrected chi connectivity index (χ0v) is 17.0. The summed E-state index contributed by atoms with van der Waals surface area (Å²) in [6.45, 7) is 1.14. The lowest BCUT2D eigenvalue weighted by molar-refractivity contribution is 0.0729. The van der Waals surface area contributed by atoms with Crippen LogP contribution in [0.5, 0.6) is 23.0 Å². The predicted molar refractivity (Wildman–Crippen MR) is 109 cm³/mol. The first kappa shape index (κ1) is 19.0. The van der Waals surface area contributed by atoms with Crippen LogP contribution in [0.3, 0.4) is 0 Å². The molecule has 1 aliphatic rings. The van der Waals surface area contributed by atoms with Crippen LogP contribution in [0.15, 0.2) is 30.3 Å². The third-order valence-electron chi connectivity index (χ3n) is 5.39. The third kappa shape index (κ3) is 3.22. The number of amides is 1. The van der Waals surface area contributed by atoms with Crippen LogP contribution < -0.4 is 18.9 Å². The molecule has 3 aromatic rings. The van der Waals surface area contributed by atoms with Gasteiger partial charge in [-0.05, 0) is 47.9 Å². The van der Waals surface area contributed by atoms with Crippen LogP contribution in [0.1, 0.15) is 21.6 Å². The van der Waals surface area contributed by atoms with Gasteiger partial charge in [-0.15, -0.1) is 0 Å². The molecule has 0 bridgehead atoms. The molecule has 0 unspecified atom stereocenters. The van der Waals surface area contributed by atoms with Crippen molar-refractivity contribution in [2.75, 3.05) is 35.0 Å². The molecule has 4 rings (SSSR count). The van der Waals surface area contributed by atoms with E-state index in [1.54, 1.807) is 28.4 Å². The van der Waals surface area contributed by atoms with Gasteiger partial charge in [-0.25, -0.2) is 0 Å².